The van der Waals surface area contributed by atoms with Crippen molar-refractivity contribution in [3.05, 3.63) is 36.7 Å². The van der Waals surface area contributed by atoms with Gasteiger partial charge in [-0.25, -0.2) is 4.98 Å². The summed E-state index contributed by atoms with van der Waals surface area (Å²) < 4.78 is 10.7. The van der Waals surface area contributed by atoms with Gasteiger partial charge in [-0.15, -0.1) is 0 Å². The molecule has 2 heterocycles. The number of hydrogen-bond donors (Lipinski definition) is 1. The van der Waals surface area contributed by atoms with Gasteiger partial charge in [-0.2, -0.15) is 0 Å². The van der Waals surface area contributed by atoms with E-state index in [-0.39, 0.29) is 30.7 Å². The van der Waals surface area contributed by atoms with E-state index in [1.807, 2.05) is 0 Å². The number of aromatic nitrogens is 1. The lowest BCUT2D eigenvalue weighted by Gasteiger charge is -2.23. The van der Waals surface area contributed by atoms with Crippen molar-refractivity contribution in [2.75, 3.05) is 20.3 Å². The summed E-state index contributed by atoms with van der Waals surface area (Å²) in [7, 11) is 1.55. The molecule has 23 heavy (non-hydrogen) atoms. The SMILES string of the molecule is C=CCOc1cccnc1C(=O)N1CC(OC)CC1CC(=O)O. The highest BCUT2D eigenvalue weighted by molar-refractivity contribution is 5.95. The van der Waals surface area contributed by atoms with Crippen LogP contribution in [-0.4, -0.2) is 59.3 Å². The average Bonchev–Trinajstić information content (AvgIpc) is 2.94. The van der Waals surface area contributed by atoms with Crippen LogP contribution >= 0.6 is 0 Å². The van der Waals surface area contributed by atoms with Crippen molar-refractivity contribution in [3.63, 3.8) is 0 Å². The highest BCUT2D eigenvalue weighted by Crippen LogP contribution is 2.27. The van der Waals surface area contributed by atoms with E-state index in [2.05, 4.69) is 11.6 Å². The number of carbonyl (C=O) groups excluding carboxylic acids is 1. The third kappa shape index (κ3) is 4.07. The van der Waals surface area contributed by atoms with E-state index >= 15 is 0 Å². The van der Waals surface area contributed by atoms with E-state index in [9.17, 15) is 9.59 Å². The van der Waals surface area contributed by atoms with Crippen LogP contribution in [0, 0.1) is 0 Å². The molecule has 7 nitrogen and oxygen atoms in total. The number of carboxylic acids is 1. The number of likely N-dealkylation sites (tertiary alicyclic amines) is 1. The second-order valence-electron chi connectivity index (χ2n) is 5.25. The van der Waals surface area contributed by atoms with Crippen molar-refractivity contribution in [2.45, 2.75) is 25.0 Å². The van der Waals surface area contributed by atoms with Gasteiger partial charge in [-0.1, -0.05) is 12.7 Å². The Morgan fingerprint density at radius 3 is 3.00 bits per heavy atom. The molecule has 0 saturated carbocycles. The van der Waals surface area contributed by atoms with Gasteiger partial charge in [-0.3, -0.25) is 9.59 Å². The van der Waals surface area contributed by atoms with Crippen molar-refractivity contribution in [1.29, 1.82) is 0 Å². The van der Waals surface area contributed by atoms with Gasteiger partial charge in [-0.05, 0) is 18.6 Å². The minimum atomic E-state index is -0.950. The summed E-state index contributed by atoms with van der Waals surface area (Å²) in [5.74, 6) is -0.948. The Labute approximate surface area is 134 Å². The van der Waals surface area contributed by atoms with E-state index in [0.29, 0.717) is 18.7 Å². The Bertz CT molecular complexity index is 590. The summed E-state index contributed by atoms with van der Waals surface area (Å²) in [4.78, 5) is 29.4. The molecule has 0 aromatic carbocycles. The Morgan fingerprint density at radius 2 is 2.35 bits per heavy atom. The van der Waals surface area contributed by atoms with Crippen molar-refractivity contribution >= 4 is 11.9 Å². The van der Waals surface area contributed by atoms with Crippen LogP contribution in [0.2, 0.25) is 0 Å². The number of amides is 1. The maximum atomic E-state index is 12.8. The molecule has 0 spiro atoms. The number of nitrogens with zero attached hydrogens (tertiary/aromatic N) is 2. The summed E-state index contributed by atoms with van der Waals surface area (Å²) in [6.45, 7) is 4.16. The van der Waals surface area contributed by atoms with Gasteiger partial charge in [0, 0.05) is 25.9 Å². The van der Waals surface area contributed by atoms with E-state index in [1.54, 1.807) is 25.3 Å². The molecule has 1 aromatic heterocycles. The maximum absolute atomic E-state index is 12.8. The molecule has 124 valence electrons. The van der Waals surface area contributed by atoms with Gasteiger partial charge >= 0.3 is 5.97 Å². The molecule has 1 saturated heterocycles. The first-order valence-electron chi connectivity index (χ1n) is 7.31. The van der Waals surface area contributed by atoms with Crippen LogP contribution in [0.3, 0.4) is 0 Å². The van der Waals surface area contributed by atoms with Gasteiger partial charge in [0.15, 0.2) is 11.4 Å². The van der Waals surface area contributed by atoms with Crippen LogP contribution in [0.5, 0.6) is 5.75 Å². The maximum Gasteiger partial charge on any atom is 0.305 e. The summed E-state index contributed by atoms with van der Waals surface area (Å²) in [5, 5.41) is 9.04. The predicted molar refractivity (Wildman–Crippen MR) is 82.4 cm³/mol. The van der Waals surface area contributed by atoms with Crippen molar-refractivity contribution < 1.29 is 24.2 Å². The molecular formula is C16H20N2O5. The van der Waals surface area contributed by atoms with Gasteiger partial charge in [0.2, 0.25) is 0 Å². The van der Waals surface area contributed by atoms with Crippen LogP contribution in [0.15, 0.2) is 31.0 Å². The monoisotopic (exact) mass is 320 g/mol. The molecule has 0 aliphatic carbocycles. The van der Waals surface area contributed by atoms with Crippen LogP contribution in [-0.2, 0) is 9.53 Å². The van der Waals surface area contributed by atoms with E-state index in [0.717, 1.165) is 0 Å². The standard InChI is InChI=1S/C16H20N2O5/c1-3-7-23-13-5-4-6-17-15(13)16(21)18-10-12(22-2)8-11(18)9-14(19)20/h3-6,11-12H,1,7-10H2,2H3,(H,19,20). The number of ether oxygens (including phenoxy) is 2. The second-order valence-corrected chi connectivity index (χ2v) is 5.25. The molecule has 0 bridgehead atoms. The lowest BCUT2D eigenvalue weighted by molar-refractivity contribution is -0.137. The molecule has 1 aliphatic rings. The minimum Gasteiger partial charge on any atom is -0.487 e. The second kappa shape index (κ2) is 7.73. The normalized spacial score (nSPS) is 20.3. The van der Waals surface area contributed by atoms with Crippen molar-refractivity contribution in [2.24, 2.45) is 0 Å². The molecule has 2 atom stereocenters. The third-order valence-corrected chi connectivity index (χ3v) is 3.71. The van der Waals surface area contributed by atoms with Gasteiger partial charge in [0.05, 0.1) is 12.5 Å². The number of carboxylic acid groups (broad SMARTS) is 1. The van der Waals surface area contributed by atoms with Crippen LogP contribution in [0.4, 0.5) is 0 Å². The van der Waals surface area contributed by atoms with E-state index in [1.165, 1.54) is 11.1 Å². The summed E-state index contributed by atoms with van der Waals surface area (Å²) in [5.41, 5.74) is 0.168. The van der Waals surface area contributed by atoms with E-state index < -0.39 is 12.0 Å². The fourth-order valence-corrected chi connectivity index (χ4v) is 2.64. The van der Waals surface area contributed by atoms with Crippen LogP contribution in [0.1, 0.15) is 23.3 Å². The van der Waals surface area contributed by atoms with Crippen molar-refractivity contribution in [3.8, 4) is 5.75 Å². The average molecular weight is 320 g/mol. The minimum absolute atomic E-state index is 0.124. The zero-order chi connectivity index (χ0) is 16.8. The van der Waals surface area contributed by atoms with Crippen LogP contribution < -0.4 is 4.74 Å². The summed E-state index contributed by atoms with van der Waals surface area (Å²) >= 11 is 0. The smallest absolute Gasteiger partial charge is 0.305 e. The Balaban J connectivity index is 2.23. The van der Waals surface area contributed by atoms with Gasteiger partial charge < -0.3 is 19.5 Å². The molecular weight excluding hydrogens is 300 g/mol. The highest BCUT2D eigenvalue weighted by Gasteiger charge is 2.38. The first kappa shape index (κ1) is 17.0. The molecule has 7 heteroatoms. The molecule has 1 fully saturated rings. The number of rotatable bonds is 7. The first-order valence-corrected chi connectivity index (χ1v) is 7.31. The number of hydrogen-bond acceptors (Lipinski definition) is 5. The topological polar surface area (TPSA) is 89.0 Å². The number of methoxy groups -OCH3 is 1. The molecule has 1 aromatic rings. The molecule has 2 unspecified atom stereocenters. The Kier molecular flexibility index (Phi) is 5.70. The zero-order valence-corrected chi connectivity index (χ0v) is 13.0. The largest absolute Gasteiger partial charge is 0.487 e. The number of aliphatic carboxylic acids is 1. The van der Waals surface area contributed by atoms with Gasteiger partial charge in [0.1, 0.15) is 6.61 Å². The molecule has 1 aliphatic heterocycles. The lowest BCUT2D eigenvalue weighted by atomic mass is 10.1. The van der Waals surface area contributed by atoms with Crippen molar-refractivity contribution in [1.82, 2.24) is 9.88 Å². The Morgan fingerprint density at radius 1 is 1.57 bits per heavy atom. The molecule has 1 amide bonds. The molecule has 2 rings (SSSR count). The molecule has 1 N–H and O–H groups in total. The molecule has 0 radical (unpaired) electrons. The number of pyridine rings is 1. The quantitative estimate of drug-likeness (QED) is 0.763. The highest BCUT2D eigenvalue weighted by atomic mass is 16.5. The third-order valence-electron chi connectivity index (χ3n) is 3.71. The van der Waals surface area contributed by atoms with Crippen LogP contribution in [0.25, 0.3) is 0 Å². The Hall–Kier alpha value is -2.41. The fraction of sp³-hybridized carbons (Fsp3) is 0.438. The van der Waals surface area contributed by atoms with E-state index in [4.69, 9.17) is 14.6 Å². The fourth-order valence-electron chi connectivity index (χ4n) is 2.64. The summed E-state index contributed by atoms with van der Waals surface area (Å²) in [6.07, 6.45) is 3.27. The zero-order valence-electron chi connectivity index (χ0n) is 13.0. The lowest BCUT2D eigenvalue weighted by Crippen LogP contribution is -2.38. The predicted octanol–water partition coefficient (Wildman–Crippen LogP) is 1.35. The first-order chi connectivity index (χ1) is 11.1. The summed E-state index contributed by atoms with van der Waals surface area (Å²) in [6, 6.07) is 2.91. The van der Waals surface area contributed by atoms with Gasteiger partial charge in [0.25, 0.3) is 5.91 Å². The number of carbonyl (C=O) groups is 2.